The molecule has 1 aromatic rings. The van der Waals surface area contributed by atoms with E-state index >= 15 is 0 Å². The van der Waals surface area contributed by atoms with E-state index in [2.05, 4.69) is 5.32 Å². The molecule has 6 nitrogen and oxygen atoms in total. The van der Waals surface area contributed by atoms with Gasteiger partial charge in [0.2, 0.25) is 5.91 Å². The van der Waals surface area contributed by atoms with Crippen LogP contribution >= 0.6 is 0 Å². The van der Waals surface area contributed by atoms with Crippen molar-refractivity contribution in [3.05, 3.63) is 24.3 Å². The second-order valence-corrected chi connectivity index (χ2v) is 6.29. The van der Waals surface area contributed by atoms with E-state index in [1.165, 1.54) is 6.42 Å². The maximum Gasteiger partial charge on any atom is 0.234 e. The van der Waals surface area contributed by atoms with Crippen molar-refractivity contribution in [1.29, 1.82) is 0 Å². The number of hydrogen-bond acceptors (Lipinski definition) is 5. The number of carbonyl (C=O) groups excluding carboxylic acids is 1. The molecule has 0 saturated carbocycles. The summed E-state index contributed by atoms with van der Waals surface area (Å²) in [6.45, 7) is 5.54. The van der Waals surface area contributed by atoms with Crippen LogP contribution in [0, 0.1) is 0 Å². The van der Waals surface area contributed by atoms with Gasteiger partial charge in [-0.1, -0.05) is 0 Å². The second kappa shape index (κ2) is 10.9. The number of benzene rings is 1. The Bertz CT molecular complexity index is 501. The van der Waals surface area contributed by atoms with Crippen molar-refractivity contribution in [2.45, 2.75) is 32.3 Å². The number of nitrogens with zero attached hydrogens (tertiary/aromatic N) is 1. The molecule has 1 N–H and O–H groups in total. The number of amides is 1. The maximum atomic E-state index is 12.0. The number of ether oxygens (including phenoxy) is 3. The summed E-state index contributed by atoms with van der Waals surface area (Å²) in [5.41, 5.74) is 0. The number of nitrogens with one attached hydrogen (secondary N) is 1. The quantitative estimate of drug-likeness (QED) is 0.655. The molecule has 1 unspecified atom stereocenters. The fourth-order valence-corrected chi connectivity index (χ4v) is 2.82. The Morgan fingerprint density at radius 1 is 1.24 bits per heavy atom. The molecule has 1 saturated heterocycles. The van der Waals surface area contributed by atoms with E-state index in [-0.39, 0.29) is 12.0 Å². The van der Waals surface area contributed by atoms with Crippen LogP contribution in [0.3, 0.4) is 0 Å². The van der Waals surface area contributed by atoms with Crippen molar-refractivity contribution >= 4 is 5.91 Å². The molecule has 25 heavy (non-hydrogen) atoms. The largest absolute Gasteiger partial charge is 0.494 e. The van der Waals surface area contributed by atoms with Crippen LogP contribution in [-0.2, 0) is 9.53 Å². The highest BCUT2D eigenvalue weighted by molar-refractivity contribution is 5.77. The fourth-order valence-electron chi connectivity index (χ4n) is 2.82. The van der Waals surface area contributed by atoms with Crippen LogP contribution in [0.25, 0.3) is 0 Å². The maximum absolute atomic E-state index is 12.0. The molecule has 6 heteroatoms. The topological polar surface area (TPSA) is 60.0 Å². The summed E-state index contributed by atoms with van der Waals surface area (Å²) < 4.78 is 16.7. The third-order valence-corrected chi connectivity index (χ3v) is 4.03. The van der Waals surface area contributed by atoms with E-state index in [0.29, 0.717) is 26.3 Å². The van der Waals surface area contributed by atoms with Crippen molar-refractivity contribution in [1.82, 2.24) is 10.2 Å². The van der Waals surface area contributed by atoms with Gasteiger partial charge in [-0.25, -0.2) is 0 Å². The van der Waals surface area contributed by atoms with Crippen LogP contribution in [0.1, 0.15) is 26.2 Å². The number of likely N-dealkylation sites (N-methyl/N-ethyl adjacent to an activating group) is 1. The van der Waals surface area contributed by atoms with Gasteiger partial charge in [0, 0.05) is 13.2 Å². The van der Waals surface area contributed by atoms with E-state index < -0.39 is 0 Å². The zero-order chi connectivity index (χ0) is 17.9. The Labute approximate surface area is 150 Å². The Balaban J connectivity index is 1.56. The zero-order valence-electron chi connectivity index (χ0n) is 15.3. The normalized spacial score (nSPS) is 17.3. The number of rotatable bonds is 10. The molecule has 2 rings (SSSR count). The van der Waals surface area contributed by atoms with Gasteiger partial charge in [0.25, 0.3) is 0 Å². The number of carbonyl (C=O) groups is 1. The Kier molecular flexibility index (Phi) is 8.55. The summed E-state index contributed by atoms with van der Waals surface area (Å²) in [4.78, 5) is 14.0. The lowest BCUT2D eigenvalue weighted by Crippen LogP contribution is -2.41. The first-order valence-electron chi connectivity index (χ1n) is 9.10. The minimum atomic E-state index is 0.00797. The molecule has 1 atom stereocenters. The lowest BCUT2D eigenvalue weighted by molar-refractivity contribution is -0.122. The van der Waals surface area contributed by atoms with Crippen molar-refractivity contribution in [3.8, 4) is 11.5 Å². The first-order valence-corrected chi connectivity index (χ1v) is 9.10. The highest BCUT2D eigenvalue weighted by Crippen LogP contribution is 2.17. The van der Waals surface area contributed by atoms with Crippen LogP contribution in [0.4, 0.5) is 0 Å². The molecule has 140 valence electrons. The summed E-state index contributed by atoms with van der Waals surface area (Å²) in [5, 5.41) is 2.88. The lowest BCUT2D eigenvalue weighted by Gasteiger charge is -2.27. The van der Waals surface area contributed by atoms with Gasteiger partial charge in [-0.15, -0.1) is 0 Å². The van der Waals surface area contributed by atoms with Crippen molar-refractivity contribution in [3.63, 3.8) is 0 Å². The van der Waals surface area contributed by atoms with Gasteiger partial charge >= 0.3 is 0 Å². The van der Waals surface area contributed by atoms with E-state index in [9.17, 15) is 4.79 Å². The molecule has 1 aromatic carbocycles. The van der Waals surface area contributed by atoms with Gasteiger partial charge in [0.15, 0.2) is 0 Å². The number of hydrogen-bond donors (Lipinski definition) is 1. The average molecular weight is 350 g/mol. The molecule has 1 heterocycles. The molecule has 0 aliphatic carbocycles. The molecule has 0 spiro atoms. The zero-order valence-corrected chi connectivity index (χ0v) is 15.3. The third-order valence-electron chi connectivity index (χ3n) is 4.03. The van der Waals surface area contributed by atoms with Crippen LogP contribution in [0.15, 0.2) is 24.3 Å². The predicted octanol–water partition coefficient (Wildman–Crippen LogP) is 2.08. The van der Waals surface area contributed by atoms with Gasteiger partial charge in [-0.3, -0.25) is 9.69 Å². The smallest absolute Gasteiger partial charge is 0.234 e. The van der Waals surface area contributed by atoms with Gasteiger partial charge < -0.3 is 19.5 Å². The van der Waals surface area contributed by atoms with Gasteiger partial charge in [-0.2, -0.15) is 0 Å². The summed E-state index contributed by atoms with van der Waals surface area (Å²) in [6, 6.07) is 7.48. The molecule has 0 bridgehead atoms. The minimum Gasteiger partial charge on any atom is -0.494 e. The monoisotopic (exact) mass is 350 g/mol. The van der Waals surface area contributed by atoms with Crippen molar-refractivity contribution in [2.75, 3.05) is 46.5 Å². The van der Waals surface area contributed by atoms with E-state index in [0.717, 1.165) is 37.5 Å². The molecule has 1 fully saturated rings. The van der Waals surface area contributed by atoms with Gasteiger partial charge in [0.1, 0.15) is 18.1 Å². The Morgan fingerprint density at radius 2 is 1.96 bits per heavy atom. The van der Waals surface area contributed by atoms with E-state index in [1.54, 1.807) is 0 Å². The molecular weight excluding hydrogens is 320 g/mol. The summed E-state index contributed by atoms with van der Waals surface area (Å²) in [6.07, 6.45) is 3.71. The van der Waals surface area contributed by atoms with Crippen LogP contribution in [-0.4, -0.2) is 63.4 Å². The summed E-state index contributed by atoms with van der Waals surface area (Å²) in [5.74, 6) is 1.60. The molecule has 0 aromatic heterocycles. The minimum absolute atomic E-state index is 0.00797. The van der Waals surface area contributed by atoms with Gasteiger partial charge in [-0.05, 0) is 57.5 Å². The van der Waals surface area contributed by atoms with E-state index in [1.807, 2.05) is 43.1 Å². The Hall–Kier alpha value is -1.79. The summed E-state index contributed by atoms with van der Waals surface area (Å²) in [7, 11) is 1.95. The van der Waals surface area contributed by atoms with Crippen molar-refractivity contribution < 1.29 is 19.0 Å². The van der Waals surface area contributed by atoms with Crippen LogP contribution in [0.5, 0.6) is 11.5 Å². The van der Waals surface area contributed by atoms with Gasteiger partial charge in [0.05, 0.1) is 25.8 Å². The van der Waals surface area contributed by atoms with E-state index in [4.69, 9.17) is 14.2 Å². The van der Waals surface area contributed by atoms with Crippen LogP contribution in [0.2, 0.25) is 0 Å². The summed E-state index contributed by atoms with van der Waals surface area (Å²) >= 11 is 0. The SMILES string of the molecule is CCOc1ccc(OCCNC(=O)CN(C)CC2CCCCO2)cc1. The van der Waals surface area contributed by atoms with Crippen molar-refractivity contribution in [2.24, 2.45) is 0 Å². The average Bonchev–Trinajstić information content (AvgIpc) is 2.61. The molecule has 1 aliphatic rings. The lowest BCUT2D eigenvalue weighted by atomic mass is 10.1. The second-order valence-electron chi connectivity index (χ2n) is 6.29. The predicted molar refractivity (Wildman–Crippen MR) is 97.2 cm³/mol. The standard InChI is InChI=1S/C19H30N2O4/c1-3-23-16-7-9-17(10-8-16)25-13-11-20-19(22)15-21(2)14-18-6-4-5-12-24-18/h7-10,18H,3-6,11-15H2,1-2H3,(H,20,22). The van der Waals surface area contributed by atoms with Crippen LogP contribution < -0.4 is 14.8 Å². The molecule has 1 aliphatic heterocycles. The highest BCUT2D eigenvalue weighted by Gasteiger charge is 2.17. The first-order chi connectivity index (χ1) is 12.2. The fraction of sp³-hybridized carbons (Fsp3) is 0.632. The molecule has 0 radical (unpaired) electrons. The molecular formula is C19H30N2O4. The first kappa shape index (κ1) is 19.5. The molecule has 1 amide bonds. The Morgan fingerprint density at radius 3 is 2.60 bits per heavy atom. The third kappa shape index (κ3) is 7.75. The highest BCUT2D eigenvalue weighted by atomic mass is 16.5.